The van der Waals surface area contributed by atoms with Crippen molar-refractivity contribution >= 4 is 11.3 Å². The van der Waals surface area contributed by atoms with Gasteiger partial charge in [0.15, 0.2) is 0 Å². The highest BCUT2D eigenvalue weighted by Crippen LogP contribution is 2.30. The van der Waals surface area contributed by atoms with Gasteiger partial charge in [-0.3, -0.25) is 0 Å². The molecule has 138 valence electrons. The van der Waals surface area contributed by atoms with E-state index in [0.717, 1.165) is 12.5 Å². The van der Waals surface area contributed by atoms with Crippen LogP contribution in [0.15, 0.2) is 73.3 Å². The zero-order valence-electron chi connectivity index (χ0n) is 16.4. The summed E-state index contributed by atoms with van der Waals surface area (Å²) in [6.07, 6.45) is 10.5. The molecule has 2 rings (SSSR count). The minimum absolute atomic E-state index is 0.826. The molecule has 0 aliphatic rings. The molecule has 0 aliphatic heterocycles. The van der Waals surface area contributed by atoms with Gasteiger partial charge in [0.25, 0.3) is 0 Å². The van der Waals surface area contributed by atoms with Gasteiger partial charge in [-0.15, -0.1) is 0 Å². The minimum atomic E-state index is 0.826. The lowest BCUT2D eigenvalue weighted by atomic mass is 9.94. The lowest BCUT2D eigenvalue weighted by molar-refractivity contribution is 0.431. The molecule has 0 bridgehead atoms. The van der Waals surface area contributed by atoms with Crippen LogP contribution in [0.5, 0.6) is 0 Å². The maximum Gasteiger partial charge on any atom is 0.0420 e. The van der Waals surface area contributed by atoms with Gasteiger partial charge in [0.05, 0.1) is 0 Å². The summed E-state index contributed by atoms with van der Waals surface area (Å²) in [6, 6.07) is 19.1. The number of para-hydroxylation sites is 1. The van der Waals surface area contributed by atoms with Crippen molar-refractivity contribution in [2.75, 3.05) is 11.9 Å². The zero-order chi connectivity index (χ0) is 18.6. The first-order valence-corrected chi connectivity index (χ1v) is 10.0. The van der Waals surface area contributed by atoms with E-state index in [0.29, 0.717) is 0 Å². The molecule has 2 aromatic carbocycles. The SMILES string of the molecule is C=C/C=C(/c1ccccc1)c1ccccc1NCCC(CC)CCCC. The first-order chi connectivity index (χ1) is 12.8. The molecule has 26 heavy (non-hydrogen) atoms. The van der Waals surface area contributed by atoms with E-state index in [1.807, 2.05) is 6.08 Å². The molecule has 0 aliphatic carbocycles. The zero-order valence-corrected chi connectivity index (χ0v) is 16.4. The number of unbranched alkanes of at least 4 members (excludes halogenated alkanes) is 1. The van der Waals surface area contributed by atoms with Gasteiger partial charge in [0, 0.05) is 17.8 Å². The van der Waals surface area contributed by atoms with Crippen LogP contribution in [0.2, 0.25) is 0 Å². The van der Waals surface area contributed by atoms with Gasteiger partial charge in [-0.2, -0.15) is 0 Å². The number of allylic oxidation sites excluding steroid dienone is 2. The summed E-state index contributed by atoms with van der Waals surface area (Å²) in [5, 5.41) is 3.69. The molecule has 0 saturated heterocycles. The standard InChI is InChI=1S/C25H33N/c1-4-7-14-21(6-3)19-20-26-25-18-12-11-17-24(25)23(13-5-2)22-15-9-8-10-16-22/h5,8-13,15-18,21,26H,2,4,6-7,14,19-20H2,1,3H3/b23-13-. The predicted molar refractivity (Wildman–Crippen MR) is 117 cm³/mol. The summed E-state index contributed by atoms with van der Waals surface area (Å²) in [6.45, 7) is 9.52. The summed E-state index contributed by atoms with van der Waals surface area (Å²) >= 11 is 0. The third-order valence-corrected chi connectivity index (χ3v) is 5.00. The normalized spacial score (nSPS) is 12.6. The third kappa shape index (κ3) is 5.91. The van der Waals surface area contributed by atoms with E-state index in [-0.39, 0.29) is 0 Å². The first-order valence-electron chi connectivity index (χ1n) is 10.0. The van der Waals surface area contributed by atoms with Crippen LogP contribution in [0.25, 0.3) is 5.57 Å². The Kier molecular flexibility index (Phi) is 8.75. The minimum Gasteiger partial charge on any atom is -0.385 e. The van der Waals surface area contributed by atoms with Gasteiger partial charge in [-0.05, 0) is 29.5 Å². The highest BCUT2D eigenvalue weighted by molar-refractivity contribution is 5.86. The molecule has 0 amide bonds. The van der Waals surface area contributed by atoms with Gasteiger partial charge < -0.3 is 5.32 Å². The van der Waals surface area contributed by atoms with Crippen molar-refractivity contribution < 1.29 is 0 Å². The topological polar surface area (TPSA) is 12.0 Å². The summed E-state index contributed by atoms with van der Waals surface area (Å²) < 4.78 is 0. The van der Waals surface area contributed by atoms with Gasteiger partial charge in [0.2, 0.25) is 0 Å². The maximum atomic E-state index is 3.91. The van der Waals surface area contributed by atoms with Crippen molar-refractivity contribution in [3.05, 3.63) is 84.5 Å². The molecule has 0 heterocycles. The van der Waals surface area contributed by atoms with Crippen LogP contribution in [0.1, 0.15) is 57.1 Å². The number of anilines is 1. The summed E-state index contributed by atoms with van der Waals surface area (Å²) in [7, 11) is 0. The average Bonchev–Trinajstić information content (AvgIpc) is 2.70. The fourth-order valence-electron chi connectivity index (χ4n) is 3.41. The van der Waals surface area contributed by atoms with Crippen LogP contribution in [-0.2, 0) is 0 Å². The fraction of sp³-hybridized carbons (Fsp3) is 0.360. The molecule has 1 N–H and O–H groups in total. The third-order valence-electron chi connectivity index (χ3n) is 5.00. The van der Waals surface area contributed by atoms with Gasteiger partial charge in [-0.25, -0.2) is 0 Å². The number of hydrogen-bond donors (Lipinski definition) is 1. The predicted octanol–water partition coefficient (Wildman–Crippen LogP) is 7.32. The summed E-state index contributed by atoms with van der Waals surface area (Å²) in [5.74, 6) is 0.826. The largest absolute Gasteiger partial charge is 0.385 e. The van der Waals surface area contributed by atoms with Crippen LogP contribution in [0.3, 0.4) is 0 Å². The highest BCUT2D eigenvalue weighted by Gasteiger charge is 2.10. The van der Waals surface area contributed by atoms with Gasteiger partial charge in [0.1, 0.15) is 0 Å². The number of rotatable bonds is 11. The van der Waals surface area contributed by atoms with Crippen molar-refractivity contribution in [2.45, 2.75) is 46.0 Å². The Labute approximate surface area is 159 Å². The lowest BCUT2D eigenvalue weighted by Gasteiger charge is -2.18. The van der Waals surface area contributed by atoms with Crippen LogP contribution < -0.4 is 5.32 Å². The van der Waals surface area contributed by atoms with Gasteiger partial charge >= 0.3 is 0 Å². The van der Waals surface area contributed by atoms with Crippen LogP contribution in [-0.4, -0.2) is 6.54 Å². The Balaban J connectivity index is 2.14. The Morgan fingerprint density at radius 2 is 1.73 bits per heavy atom. The van der Waals surface area contributed by atoms with E-state index < -0.39 is 0 Å². The van der Waals surface area contributed by atoms with Crippen LogP contribution in [0.4, 0.5) is 5.69 Å². The van der Waals surface area contributed by atoms with Crippen molar-refractivity contribution in [1.82, 2.24) is 0 Å². The number of hydrogen-bond acceptors (Lipinski definition) is 1. The maximum absolute atomic E-state index is 3.91. The fourth-order valence-corrected chi connectivity index (χ4v) is 3.41. The molecule has 0 radical (unpaired) electrons. The average molecular weight is 348 g/mol. The molecule has 0 spiro atoms. The van der Waals surface area contributed by atoms with Crippen molar-refractivity contribution in [3.8, 4) is 0 Å². The first kappa shape index (κ1) is 20.0. The Hall–Kier alpha value is -2.28. The van der Waals surface area contributed by atoms with E-state index in [1.54, 1.807) is 0 Å². The summed E-state index contributed by atoms with van der Waals surface area (Å²) in [4.78, 5) is 0. The number of nitrogens with one attached hydrogen (secondary N) is 1. The Morgan fingerprint density at radius 3 is 2.42 bits per heavy atom. The van der Waals surface area contributed by atoms with Crippen molar-refractivity contribution in [3.63, 3.8) is 0 Å². The Morgan fingerprint density at radius 1 is 1.00 bits per heavy atom. The molecule has 1 unspecified atom stereocenters. The molecule has 2 aromatic rings. The van der Waals surface area contributed by atoms with Crippen LogP contribution in [0, 0.1) is 5.92 Å². The summed E-state index contributed by atoms with van der Waals surface area (Å²) in [5.41, 5.74) is 4.87. The van der Waals surface area contributed by atoms with Crippen LogP contribution >= 0.6 is 0 Å². The molecule has 0 fully saturated rings. The molecule has 0 aromatic heterocycles. The van der Waals surface area contributed by atoms with E-state index in [9.17, 15) is 0 Å². The second-order valence-corrected chi connectivity index (χ2v) is 6.86. The smallest absolute Gasteiger partial charge is 0.0420 e. The molecule has 0 saturated carbocycles. The quantitative estimate of drug-likeness (QED) is 0.420. The van der Waals surface area contributed by atoms with E-state index in [1.165, 1.54) is 54.5 Å². The van der Waals surface area contributed by atoms with E-state index in [4.69, 9.17) is 0 Å². The molecule has 1 heteroatoms. The molecule has 1 atom stereocenters. The number of benzene rings is 2. The molecule has 1 nitrogen and oxygen atoms in total. The molecular formula is C25H33N. The highest BCUT2D eigenvalue weighted by atomic mass is 14.9. The van der Waals surface area contributed by atoms with Crippen molar-refractivity contribution in [1.29, 1.82) is 0 Å². The monoisotopic (exact) mass is 347 g/mol. The van der Waals surface area contributed by atoms with Gasteiger partial charge in [-0.1, -0.05) is 107 Å². The second-order valence-electron chi connectivity index (χ2n) is 6.86. The molecular weight excluding hydrogens is 314 g/mol. The van der Waals surface area contributed by atoms with Crippen molar-refractivity contribution in [2.24, 2.45) is 5.92 Å². The lowest BCUT2D eigenvalue weighted by Crippen LogP contribution is -2.10. The second kappa shape index (κ2) is 11.4. The van der Waals surface area contributed by atoms with E-state index in [2.05, 4.69) is 86.4 Å². The van der Waals surface area contributed by atoms with E-state index >= 15 is 0 Å². The Bertz CT molecular complexity index is 684.